The highest BCUT2D eigenvalue weighted by atomic mass is 16.3. The molecule has 0 aromatic heterocycles. The van der Waals surface area contributed by atoms with E-state index in [0.29, 0.717) is 11.5 Å². The van der Waals surface area contributed by atoms with E-state index in [4.69, 9.17) is 15.0 Å². The van der Waals surface area contributed by atoms with Gasteiger partial charge in [-0.25, -0.2) is 0 Å². The summed E-state index contributed by atoms with van der Waals surface area (Å²) in [5, 5.41) is 17.8. The van der Waals surface area contributed by atoms with Crippen molar-refractivity contribution in [2.75, 3.05) is 0 Å². The average Bonchev–Trinajstić information content (AvgIpc) is 2.44. The Balaban J connectivity index is 0.000000354. The highest BCUT2D eigenvalue weighted by molar-refractivity contribution is 5.29. The number of hydrogen-bond donors (Lipinski definition) is 2. The van der Waals surface area contributed by atoms with Gasteiger partial charge in [0.25, 0.3) is 0 Å². The Morgan fingerprint density at radius 3 is 1.38 bits per heavy atom. The van der Waals surface area contributed by atoms with E-state index in [0.717, 1.165) is 0 Å². The molecule has 0 aliphatic rings. The van der Waals surface area contributed by atoms with Crippen LogP contribution in [0.4, 0.5) is 0 Å². The van der Waals surface area contributed by atoms with Crippen molar-refractivity contribution in [2.45, 2.75) is 33.1 Å². The first-order chi connectivity index (χ1) is 9.79. The smallest absolute Gasteiger partial charge is 0.115 e. The first-order valence-electron chi connectivity index (χ1n) is 6.63. The van der Waals surface area contributed by atoms with Crippen LogP contribution in [-0.2, 0) is 10.2 Å². The van der Waals surface area contributed by atoms with Crippen LogP contribution in [0, 0.1) is 6.92 Å². The minimum Gasteiger partial charge on any atom is -0.508 e. The van der Waals surface area contributed by atoms with Gasteiger partial charge in [0.2, 0.25) is 0 Å². The molecule has 0 unspecified atom stereocenters. The Morgan fingerprint density at radius 1 is 0.762 bits per heavy atom. The number of aromatic hydroxyl groups is 2. The van der Waals surface area contributed by atoms with Crippen LogP contribution < -0.4 is 0 Å². The zero-order valence-corrected chi connectivity index (χ0v) is 13.1. The lowest BCUT2D eigenvalue weighted by molar-refractivity contribution is -0.0979. The molecule has 0 spiro atoms. The molecule has 3 nitrogen and oxygen atoms in total. The third-order valence-corrected chi connectivity index (χ3v) is 2.77. The number of rotatable bonds is 0. The third-order valence-electron chi connectivity index (χ3n) is 2.77. The molecule has 114 valence electrons. The Bertz CT molecular complexity index is 487. The minimum atomic E-state index is 0.174. The lowest BCUT2D eigenvalue weighted by atomic mass is 9.87. The maximum Gasteiger partial charge on any atom is 0.115 e. The predicted octanol–water partition coefficient (Wildman–Crippen LogP) is 4.21. The zero-order valence-electron chi connectivity index (χ0n) is 13.1. The number of benzene rings is 2. The van der Waals surface area contributed by atoms with E-state index in [1.54, 1.807) is 24.3 Å². The number of carbonyl (C=O) groups is 1. The van der Waals surface area contributed by atoms with Crippen LogP contribution in [-0.4, -0.2) is 17.0 Å². The fourth-order valence-corrected chi connectivity index (χ4v) is 1.51. The van der Waals surface area contributed by atoms with Crippen molar-refractivity contribution in [3.63, 3.8) is 0 Å². The van der Waals surface area contributed by atoms with Gasteiger partial charge in [0, 0.05) is 0 Å². The van der Waals surface area contributed by atoms with Crippen LogP contribution in [0.15, 0.2) is 48.5 Å². The summed E-state index contributed by atoms with van der Waals surface area (Å²) in [5.74, 6) is 0.661. The summed E-state index contributed by atoms with van der Waals surface area (Å²) in [5.41, 5.74) is 2.59. The molecule has 0 radical (unpaired) electrons. The molecule has 0 heterocycles. The van der Waals surface area contributed by atoms with Crippen molar-refractivity contribution in [3.8, 4) is 11.5 Å². The van der Waals surface area contributed by atoms with E-state index in [1.807, 2.05) is 38.0 Å². The normalized spacial score (nSPS) is 9.71. The number of phenols is 2. The van der Waals surface area contributed by atoms with Gasteiger partial charge in [-0.2, -0.15) is 0 Å². The van der Waals surface area contributed by atoms with Crippen LogP contribution in [0.5, 0.6) is 11.5 Å². The fourth-order valence-electron chi connectivity index (χ4n) is 1.51. The topological polar surface area (TPSA) is 57.5 Å². The molecule has 0 aliphatic heterocycles. The molecule has 3 heteroatoms. The second kappa shape index (κ2) is 8.80. The van der Waals surface area contributed by atoms with E-state index in [9.17, 15) is 0 Å². The summed E-state index contributed by atoms with van der Waals surface area (Å²) in [6.07, 6.45) is 0. The quantitative estimate of drug-likeness (QED) is 0.763. The SMILES string of the molecule is C=O.CC(C)(C)c1ccc(O)cc1.Cc1ccc(O)cc1. The Morgan fingerprint density at radius 2 is 1.10 bits per heavy atom. The lowest BCUT2D eigenvalue weighted by Gasteiger charge is -2.18. The number of hydrogen-bond acceptors (Lipinski definition) is 3. The second-order valence-corrected chi connectivity index (χ2v) is 5.63. The molecule has 2 rings (SSSR count). The molecule has 0 atom stereocenters. The van der Waals surface area contributed by atoms with Gasteiger partial charge in [0.15, 0.2) is 0 Å². The fraction of sp³-hybridized carbons (Fsp3) is 0.278. The van der Waals surface area contributed by atoms with Crippen molar-refractivity contribution >= 4 is 6.79 Å². The highest BCUT2D eigenvalue weighted by Gasteiger charge is 2.12. The Kier molecular flexibility index (Phi) is 7.84. The van der Waals surface area contributed by atoms with Crippen molar-refractivity contribution < 1.29 is 15.0 Å². The summed E-state index contributed by atoms with van der Waals surface area (Å²) >= 11 is 0. The summed E-state index contributed by atoms with van der Waals surface area (Å²) in [6.45, 7) is 10.4. The van der Waals surface area contributed by atoms with Crippen LogP contribution in [0.25, 0.3) is 0 Å². The summed E-state index contributed by atoms with van der Waals surface area (Å²) in [4.78, 5) is 8.00. The highest BCUT2D eigenvalue weighted by Crippen LogP contribution is 2.23. The molecule has 0 aliphatic carbocycles. The van der Waals surface area contributed by atoms with Crippen molar-refractivity contribution in [1.82, 2.24) is 0 Å². The largest absolute Gasteiger partial charge is 0.508 e. The van der Waals surface area contributed by atoms with E-state index in [2.05, 4.69) is 20.8 Å². The second-order valence-electron chi connectivity index (χ2n) is 5.63. The molecule has 2 aromatic rings. The van der Waals surface area contributed by atoms with Gasteiger partial charge in [0.05, 0.1) is 0 Å². The van der Waals surface area contributed by atoms with E-state index in [-0.39, 0.29) is 5.41 Å². The molecule has 2 aromatic carbocycles. The molecule has 0 fully saturated rings. The van der Waals surface area contributed by atoms with Crippen LogP contribution in [0.2, 0.25) is 0 Å². The third kappa shape index (κ3) is 7.78. The lowest BCUT2D eigenvalue weighted by Crippen LogP contribution is -2.10. The molecule has 0 bridgehead atoms. The first-order valence-corrected chi connectivity index (χ1v) is 6.63. The monoisotopic (exact) mass is 288 g/mol. The van der Waals surface area contributed by atoms with Gasteiger partial charge in [-0.05, 0) is 42.2 Å². The van der Waals surface area contributed by atoms with Gasteiger partial charge in [0.1, 0.15) is 18.3 Å². The van der Waals surface area contributed by atoms with E-state index < -0.39 is 0 Å². The summed E-state index contributed by atoms with van der Waals surface area (Å²) in [6, 6.07) is 14.4. The molecule has 0 saturated carbocycles. The maximum atomic E-state index is 9.02. The molecular formula is C18H24O3. The van der Waals surface area contributed by atoms with Crippen LogP contribution in [0.1, 0.15) is 31.9 Å². The van der Waals surface area contributed by atoms with Crippen molar-refractivity contribution in [3.05, 3.63) is 59.7 Å². The zero-order chi connectivity index (χ0) is 16.5. The predicted molar refractivity (Wildman–Crippen MR) is 86.8 cm³/mol. The first kappa shape index (κ1) is 18.7. The average molecular weight is 288 g/mol. The van der Waals surface area contributed by atoms with Crippen LogP contribution in [0.3, 0.4) is 0 Å². The molecule has 21 heavy (non-hydrogen) atoms. The molecular weight excluding hydrogens is 264 g/mol. The number of carbonyl (C=O) groups excluding carboxylic acids is 1. The minimum absolute atomic E-state index is 0.174. The van der Waals surface area contributed by atoms with Gasteiger partial charge < -0.3 is 15.0 Å². The van der Waals surface area contributed by atoms with Gasteiger partial charge >= 0.3 is 0 Å². The summed E-state index contributed by atoms with van der Waals surface area (Å²) in [7, 11) is 0. The maximum absolute atomic E-state index is 9.02. The van der Waals surface area contributed by atoms with Crippen molar-refractivity contribution in [1.29, 1.82) is 0 Å². The van der Waals surface area contributed by atoms with Gasteiger partial charge in [-0.3, -0.25) is 0 Å². The molecule has 2 N–H and O–H groups in total. The number of aryl methyl sites for hydroxylation is 1. The summed E-state index contributed by atoms with van der Waals surface area (Å²) < 4.78 is 0. The van der Waals surface area contributed by atoms with E-state index >= 15 is 0 Å². The number of phenolic OH excluding ortho intramolecular Hbond substituents is 2. The Labute approximate surface area is 126 Å². The molecule has 0 amide bonds. The van der Waals surface area contributed by atoms with Gasteiger partial charge in [-0.1, -0.05) is 50.6 Å². The van der Waals surface area contributed by atoms with E-state index in [1.165, 1.54) is 11.1 Å². The van der Waals surface area contributed by atoms with Crippen LogP contribution >= 0.6 is 0 Å². The van der Waals surface area contributed by atoms with Gasteiger partial charge in [-0.15, -0.1) is 0 Å². The molecule has 0 saturated heterocycles. The Hall–Kier alpha value is -2.29. The van der Waals surface area contributed by atoms with Crippen molar-refractivity contribution in [2.24, 2.45) is 0 Å². The standard InChI is InChI=1S/C10H14O.C7H8O.CH2O/c1-10(2,3)8-4-6-9(11)7-5-8;1-6-2-4-7(8)5-3-6;1-2/h4-7,11H,1-3H3;2-5,8H,1H3;1H2.